The van der Waals surface area contributed by atoms with Gasteiger partial charge in [0.1, 0.15) is 0 Å². The smallest absolute Gasteiger partial charge is 0.255 e. The van der Waals surface area contributed by atoms with Gasteiger partial charge in [0.05, 0.1) is 5.56 Å². The Balaban J connectivity index is 2.90. The van der Waals surface area contributed by atoms with Gasteiger partial charge in [0.2, 0.25) is 0 Å². The monoisotopic (exact) mass is 207 g/mol. The number of pyridine rings is 1. The molecule has 1 amide bonds. The van der Waals surface area contributed by atoms with E-state index in [0.717, 1.165) is 5.56 Å². The number of carbonyl (C=O) groups is 1. The highest BCUT2D eigenvalue weighted by Crippen LogP contribution is 2.06. The van der Waals surface area contributed by atoms with Gasteiger partial charge < -0.3 is 10.6 Å². The van der Waals surface area contributed by atoms with Gasteiger partial charge in [-0.25, -0.2) is 0 Å². The van der Waals surface area contributed by atoms with Crippen molar-refractivity contribution >= 4 is 5.91 Å². The lowest BCUT2D eigenvalue weighted by Crippen LogP contribution is -2.30. The van der Waals surface area contributed by atoms with E-state index in [2.05, 4.69) is 4.98 Å². The molecular weight excluding hydrogens is 190 g/mol. The molecule has 4 nitrogen and oxygen atoms in total. The van der Waals surface area contributed by atoms with Crippen molar-refractivity contribution in [3.63, 3.8) is 0 Å². The number of amides is 1. The molecule has 0 atom stereocenters. The molecule has 1 aromatic rings. The maximum absolute atomic E-state index is 11.9. The number of hydrogen-bond acceptors (Lipinski definition) is 3. The summed E-state index contributed by atoms with van der Waals surface area (Å²) in [5.74, 6) is 0.0165. The van der Waals surface area contributed by atoms with Crippen LogP contribution in [0.5, 0.6) is 0 Å². The van der Waals surface area contributed by atoms with Crippen molar-refractivity contribution in [2.75, 3.05) is 13.1 Å². The lowest BCUT2D eigenvalue weighted by Gasteiger charge is -2.18. The van der Waals surface area contributed by atoms with E-state index in [0.29, 0.717) is 25.2 Å². The topological polar surface area (TPSA) is 59.2 Å². The third-order valence-electron chi connectivity index (χ3n) is 2.33. The number of rotatable bonds is 4. The van der Waals surface area contributed by atoms with E-state index in [4.69, 9.17) is 5.73 Å². The highest BCUT2D eigenvalue weighted by atomic mass is 16.2. The molecule has 1 rings (SSSR count). The van der Waals surface area contributed by atoms with Crippen LogP contribution >= 0.6 is 0 Å². The van der Waals surface area contributed by atoms with Gasteiger partial charge in [0, 0.05) is 32.0 Å². The average molecular weight is 207 g/mol. The minimum Gasteiger partial charge on any atom is -0.339 e. The number of nitrogens with two attached hydrogens (primary N) is 1. The lowest BCUT2D eigenvalue weighted by molar-refractivity contribution is 0.0772. The second kappa shape index (κ2) is 5.46. The van der Waals surface area contributed by atoms with E-state index in [-0.39, 0.29) is 5.91 Å². The quantitative estimate of drug-likeness (QED) is 0.802. The van der Waals surface area contributed by atoms with E-state index in [1.807, 2.05) is 13.8 Å². The summed E-state index contributed by atoms with van der Waals surface area (Å²) in [5, 5.41) is 0. The number of aromatic nitrogens is 1. The fourth-order valence-corrected chi connectivity index (χ4v) is 1.41. The zero-order valence-corrected chi connectivity index (χ0v) is 9.23. The zero-order valence-electron chi connectivity index (χ0n) is 9.23. The van der Waals surface area contributed by atoms with Crippen LogP contribution in [-0.4, -0.2) is 28.9 Å². The van der Waals surface area contributed by atoms with Crippen molar-refractivity contribution in [3.8, 4) is 0 Å². The molecule has 0 fully saturated rings. The molecule has 1 aromatic heterocycles. The minimum atomic E-state index is 0.0165. The SMILES string of the molecule is CCN(CC)C(=O)c1cncc(CN)c1. The summed E-state index contributed by atoms with van der Waals surface area (Å²) in [5.41, 5.74) is 6.99. The van der Waals surface area contributed by atoms with Crippen LogP contribution in [0.2, 0.25) is 0 Å². The van der Waals surface area contributed by atoms with Gasteiger partial charge >= 0.3 is 0 Å². The van der Waals surface area contributed by atoms with Gasteiger partial charge in [0.15, 0.2) is 0 Å². The van der Waals surface area contributed by atoms with Crippen LogP contribution in [0.3, 0.4) is 0 Å². The fraction of sp³-hybridized carbons (Fsp3) is 0.455. The Morgan fingerprint density at radius 1 is 1.40 bits per heavy atom. The Morgan fingerprint density at radius 3 is 2.60 bits per heavy atom. The molecule has 15 heavy (non-hydrogen) atoms. The van der Waals surface area contributed by atoms with Crippen LogP contribution in [0.25, 0.3) is 0 Å². The van der Waals surface area contributed by atoms with Gasteiger partial charge in [-0.15, -0.1) is 0 Å². The van der Waals surface area contributed by atoms with E-state index in [9.17, 15) is 4.79 Å². The molecular formula is C11H17N3O. The van der Waals surface area contributed by atoms with Gasteiger partial charge in [0.25, 0.3) is 5.91 Å². The Kier molecular flexibility index (Phi) is 4.24. The number of nitrogens with zero attached hydrogens (tertiary/aromatic N) is 2. The van der Waals surface area contributed by atoms with E-state index >= 15 is 0 Å². The first kappa shape index (κ1) is 11.7. The number of hydrogen-bond donors (Lipinski definition) is 1. The van der Waals surface area contributed by atoms with E-state index < -0.39 is 0 Å². The third kappa shape index (κ3) is 2.76. The standard InChI is InChI=1S/C11H17N3O/c1-3-14(4-2)11(15)10-5-9(6-12)7-13-8-10/h5,7-8H,3-4,6,12H2,1-2H3. The van der Waals surface area contributed by atoms with Gasteiger partial charge in [-0.2, -0.15) is 0 Å². The fourth-order valence-electron chi connectivity index (χ4n) is 1.41. The largest absolute Gasteiger partial charge is 0.339 e. The predicted molar refractivity (Wildman–Crippen MR) is 59.4 cm³/mol. The molecule has 0 radical (unpaired) electrons. The molecule has 2 N–H and O–H groups in total. The van der Waals surface area contributed by atoms with E-state index in [1.165, 1.54) is 0 Å². The Hall–Kier alpha value is -1.42. The maximum Gasteiger partial charge on any atom is 0.255 e. The van der Waals surface area contributed by atoms with Crippen LogP contribution in [0.1, 0.15) is 29.8 Å². The summed E-state index contributed by atoms with van der Waals surface area (Å²) in [7, 11) is 0. The molecule has 0 aliphatic heterocycles. The van der Waals surface area contributed by atoms with Crippen molar-refractivity contribution in [2.24, 2.45) is 5.73 Å². The molecule has 0 aliphatic carbocycles. The van der Waals surface area contributed by atoms with Crippen molar-refractivity contribution < 1.29 is 4.79 Å². The van der Waals surface area contributed by atoms with Gasteiger partial charge in [-0.1, -0.05) is 0 Å². The molecule has 0 aromatic carbocycles. The van der Waals surface area contributed by atoms with Crippen LogP contribution in [-0.2, 0) is 6.54 Å². The highest BCUT2D eigenvalue weighted by molar-refractivity contribution is 5.94. The molecule has 0 saturated carbocycles. The average Bonchev–Trinajstić information content (AvgIpc) is 2.30. The summed E-state index contributed by atoms with van der Waals surface area (Å²) in [6.07, 6.45) is 3.26. The second-order valence-corrected chi connectivity index (χ2v) is 3.26. The van der Waals surface area contributed by atoms with E-state index in [1.54, 1.807) is 23.4 Å². The molecule has 0 unspecified atom stereocenters. The lowest BCUT2D eigenvalue weighted by atomic mass is 10.2. The molecule has 1 heterocycles. The Morgan fingerprint density at radius 2 is 2.07 bits per heavy atom. The van der Waals surface area contributed by atoms with Crippen molar-refractivity contribution in [2.45, 2.75) is 20.4 Å². The predicted octanol–water partition coefficient (Wildman–Crippen LogP) is 1.02. The molecule has 0 aliphatic rings. The van der Waals surface area contributed by atoms with Crippen molar-refractivity contribution in [1.82, 2.24) is 9.88 Å². The Bertz CT molecular complexity index is 334. The normalized spacial score (nSPS) is 10.1. The summed E-state index contributed by atoms with van der Waals surface area (Å²) in [6.45, 7) is 5.75. The molecule has 0 saturated heterocycles. The van der Waals surface area contributed by atoms with Gasteiger partial charge in [-0.3, -0.25) is 9.78 Å². The second-order valence-electron chi connectivity index (χ2n) is 3.26. The third-order valence-corrected chi connectivity index (χ3v) is 2.33. The maximum atomic E-state index is 11.9. The highest BCUT2D eigenvalue weighted by Gasteiger charge is 2.12. The first-order chi connectivity index (χ1) is 7.22. The summed E-state index contributed by atoms with van der Waals surface area (Å²) in [4.78, 5) is 17.7. The Labute approximate surface area is 90.1 Å². The first-order valence-corrected chi connectivity index (χ1v) is 5.16. The first-order valence-electron chi connectivity index (χ1n) is 5.16. The molecule has 0 spiro atoms. The molecule has 4 heteroatoms. The summed E-state index contributed by atoms with van der Waals surface area (Å²) in [6, 6.07) is 1.80. The van der Waals surface area contributed by atoms with Crippen LogP contribution in [0, 0.1) is 0 Å². The molecule has 0 bridgehead atoms. The summed E-state index contributed by atoms with van der Waals surface area (Å²) >= 11 is 0. The van der Waals surface area contributed by atoms with Gasteiger partial charge in [-0.05, 0) is 25.5 Å². The minimum absolute atomic E-state index is 0.0165. The van der Waals surface area contributed by atoms with Crippen molar-refractivity contribution in [3.05, 3.63) is 29.6 Å². The van der Waals surface area contributed by atoms with Crippen LogP contribution in [0.4, 0.5) is 0 Å². The molecule has 82 valence electrons. The van der Waals surface area contributed by atoms with Crippen molar-refractivity contribution in [1.29, 1.82) is 0 Å². The zero-order chi connectivity index (χ0) is 11.3. The summed E-state index contributed by atoms with van der Waals surface area (Å²) < 4.78 is 0. The van der Waals surface area contributed by atoms with Crippen LogP contribution in [0.15, 0.2) is 18.5 Å². The number of carbonyl (C=O) groups excluding carboxylic acids is 1. The van der Waals surface area contributed by atoms with Crippen LogP contribution < -0.4 is 5.73 Å².